The van der Waals surface area contributed by atoms with Gasteiger partial charge in [0.25, 0.3) is 0 Å². The van der Waals surface area contributed by atoms with E-state index in [9.17, 15) is 9.90 Å². The van der Waals surface area contributed by atoms with Gasteiger partial charge in [-0.05, 0) is 49.6 Å². The first kappa shape index (κ1) is 18.5. The fourth-order valence-electron chi connectivity index (χ4n) is 3.81. The number of piperidine rings is 1. The van der Waals surface area contributed by atoms with E-state index in [-0.39, 0.29) is 6.04 Å². The number of anilines is 1. The van der Waals surface area contributed by atoms with Gasteiger partial charge in [0, 0.05) is 19.8 Å². The van der Waals surface area contributed by atoms with Crippen molar-refractivity contribution in [2.24, 2.45) is 0 Å². The molecule has 1 saturated heterocycles. The molecule has 1 heterocycles. The van der Waals surface area contributed by atoms with Crippen LogP contribution in [0.3, 0.4) is 0 Å². The van der Waals surface area contributed by atoms with Crippen LogP contribution in [0.15, 0.2) is 48.5 Å². The smallest absolute Gasteiger partial charge is 0.320 e. The molecule has 0 saturated carbocycles. The van der Waals surface area contributed by atoms with Crippen molar-refractivity contribution in [1.29, 1.82) is 0 Å². The fourth-order valence-corrected chi connectivity index (χ4v) is 3.81. The highest BCUT2D eigenvalue weighted by atomic mass is 16.4. The highest BCUT2D eigenvalue weighted by molar-refractivity contribution is 5.73. The largest absolute Gasteiger partial charge is 0.480 e. The maximum Gasteiger partial charge on any atom is 0.320 e. The standard InChI is InChI=1S/C22H28N2O2/c1-16-7-9-17(10-8-16)21(18-11-13-19(14-12-18)23(2)3)24-15-5-4-6-20(24)22(25)26/h7-14,20-21H,4-6,15H2,1-3H3,(H,25,26). The number of carboxylic acid groups (broad SMARTS) is 1. The quantitative estimate of drug-likeness (QED) is 0.880. The zero-order valence-corrected chi connectivity index (χ0v) is 15.9. The second-order valence-corrected chi connectivity index (χ2v) is 7.39. The zero-order chi connectivity index (χ0) is 18.7. The summed E-state index contributed by atoms with van der Waals surface area (Å²) < 4.78 is 0. The van der Waals surface area contributed by atoms with Gasteiger partial charge in [0.15, 0.2) is 0 Å². The first-order valence-corrected chi connectivity index (χ1v) is 9.30. The average Bonchev–Trinajstić information content (AvgIpc) is 2.64. The third kappa shape index (κ3) is 3.91. The molecule has 2 unspecified atom stereocenters. The first-order valence-electron chi connectivity index (χ1n) is 9.30. The van der Waals surface area contributed by atoms with Gasteiger partial charge in [-0.2, -0.15) is 0 Å². The van der Waals surface area contributed by atoms with Crippen molar-refractivity contribution < 1.29 is 9.90 Å². The topological polar surface area (TPSA) is 43.8 Å². The summed E-state index contributed by atoms with van der Waals surface area (Å²) in [5.41, 5.74) is 4.66. The number of carboxylic acids is 1. The van der Waals surface area contributed by atoms with Crippen LogP contribution in [0.1, 0.15) is 42.0 Å². The molecular weight excluding hydrogens is 324 g/mol. The summed E-state index contributed by atoms with van der Waals surface area (Å²) in [5.74, 6) is -0.716. The van der Waals surface area contributed by atoms with Crippen molar-refractivity contribution in [2.75, 3.05) is 25.5 Å². The van der Waals surface area contributed by atoms with E-state index < -0.39 is 12.0 Å². The van der Waals surface area contributed by atoms with Crippen LogP contribution in [0.5, 0.6) is 0 Å². The summed E-state index contributed by atoms with van der Waals surface area (Å²) in [4.78, 5) is 16.1. The van der Waals surface area contributed by atoms with Gasteiger partial charge in [-0.1, -0.05) is 48.4 Å². The Morgan fingerprint density at radius 1 is 1.04 bits per heavy atom. The average molecular weight is 352 g/mol. The van der Waals surface area contributed by atoms with E-state index in [2.05, 4.69) is 65.3 Å². The lowest BCUT2D eigenvalue weighted by Crippen LogP contribution is -2.46. The molecule has 2 atom stereocenters. The van der Waals surface area contributed by atoms with Gasteiger partial charge < -0.3 is 10.0 Å². The Balaban J connectivity index is 2.03. The van der Waals surface area contributed by atoms with Crippen LogP contribution in [0, 0.1) is 6.92 Å². The van der Waals surface area contributed by atoms with E-state index in [4.69, 9.17) is 0 Å². The Hall–Kier alpha value is -2.33. The van der Waals surface area contributed by atoms with Crippen LogP contribution in [-0.2, 0) is 4.79 Å². The molecule has 2 aromatic carbocycles. The zero-order valence-electron chi connectivity index (χ0n) is 15.9. The second-order valence-electron chi connectivity index (χ2n) is 7.39. The molecule has 1 N–H and O–H groups in total. The van der Waals surface area contributed by atoms with E-state index in [0.29, 0.717) is 6.42 Å². The van der Waals surface area contributed by atoms with Crippen molar-refractivity contribution in [3.05, 3.63) is 65.2 Å². The van der Waals surface area contributed by atoms with Crippen LogP contribution < -0.4 is 4.90 Å². The highest BCUT2D eigenvalue weighted by Crippen LogP contribution is 2.35. The molecule has 1 aliphatic rings. The van der Waals surface area contributed by atoms with E-state index in [0.717, 1.165) is 36.2 Å². The molecule has 0 aromatic heterocycles. The normalized spacial score (nSPS) is 19.1. The fraction of sp³-hybridized carbons (Fsp3) is 0.409. The molecule has 0 bridgehead atoms. The van der Waals surface area contributed by atoms with E-state index in [1.54, 1.807) is 0 Å². The van der Waals surface area contributed by atoms with Gasteiger partial charge in [0.05, 0.1) is 6.04 Å². The SMILES string of the molecule is Cc1ccc(C(c2ccc(N(C)C)cc2)N2CCCCC2C(=O)O)cc1. The van der Waals surface area contributed by atoms with Crippen LogP contribution in [0.2, 0.25) is 0 Å². The van der Waals surface area contributed by atoms with Crippen molar-refractivity contribution in [3.8, 4) is 0 Å². The molecule has 4 nitrogen and oxygen atoms in total. The summed E-state index contributed by atoms with van der Waals surface area (Å²) in [5, 5.41) is 9.76. The third-order valence-electron chi connectivity index (χ3n) is 5.28. The molecule has 0 spiro atoms. The molecule has 26 heavy (non-hydrogen) atoms. The molecule has 3 rings (SSSR count). The number of aryl methyl sites for hydroxylation is 1. The monoisotopic (exact) mass is 352 g/mol. The maximum absolute atomic E-state index is 11.9. The minimum atomic E-state index is -0.716. The Bertz CT molecular complexity index is 738. The number of likely N-dealkylation sites (tertiary alicyclic amines) is 1. The minimum Gasteiger partial charge on any atom is -0.480 e. The summed E-state index contributed by atoms with van der Waals surface area (Å²) >= 11 is 0. The number of carbonyl (C=O) groups is 1. The highest BCUT2D eigenvalue weighted by Gasteiger charge is 2.35. The van der Waals surface area contributed by atoms with Crippen molar-refractivity contribution >= 4 is 11.7 Å². The van der Waals surface area contributed by atoms with Gasteiger partial charge in [0.1, 0.15) is 6.04 Å². The molecule has 1 fully saturated rings. The van der Waals surface area contributed by atoms with Crippen molar-refractivity contribution in [1.82, 2.24) is 4.90 Å². The summed E-state index contributed by atoms with van der Waals surface area (Å²) in [6.07, 6.45) is 2.74. The first-order chi connectivity index (χ1) is 12.5. The van der Waals surface area contributed by atoms with Gasteiger partial charge in [0.2, 0.25) is 0 Å². The number of aliphatic carboxylic acids is 1. The van der Waals surface area contributed by atoms with Crippen LogP contribution in [-0.4, -0.2) is 42.7 Å². The Morgan fingerprint density at radius 2 is 1.62 bits per heavy atom. The summed E-state index contributed by atoms with van der Waals surface area (Å²) in [6.45, 7) is 2.89. The lowest BCUT2D eigenvalue weighted by atomic mass is 9.91. The lowest BCUT2D eigenvalue weighted by Gasteiger charge is -2.39. The molecule has 138 valence electrons. The van der Waals surface area contributed by atoms with E-state index in [1.165, 1.54) is 5.56 Å². The second kappa shape index (κ2) is 7.92. The Morgan fingerprint density at radius 3 is 2.15 bits per heavy atom. The van der Waals surface area contributed by atoms with Crippen LogP contribution in [0.25, 0.3) is 0 Å². The number of benzene rings is 2. The summed E-state index contributed by atoms with van der Waals surface area (Å²) in [6, 6.07) is 16.5. The van der Waals surface area contributed by atoms with Crippen molar-refractivity contribution in [2.45, 2.75) is 38.3 Å². The third-order valence-corrected chi connectivity index (χ3v) is 5.28. The Labute approximate surface area is 156 Å². The molecule has 4 heteroatoms. The van der Waals surface area contributed by atoms with E-state index in [1.807, 2.05) is 14.1 Å². The molecule has 0 radical (unpaired) electrons. The molecular formula is C22H28N2O2. The van der Waals surface area contributed by atoms with Crippen molar-refractivity contribution in [3.63, 3.8) is 0 Å². The van der Waals surface area contributed by atoms with Gasteiger partial charge in [-0.3, -0.25) is 9.69 Å². The molecule has 1 aliphatic heterocycles. The minimum absolute atomic E-state index is 0.0341. The van der Waals surface area contributed by atoms with Crippen LogP contribution >= 0.6 is 0 Å². The number of hydrogen-bond donors (Lipinski definition) is 1. The number of nitrogens with zero attached hydrogens (tertiary/aromatic N) is 2. The summed E-state index contributed by atoms with van der Waals surface area (Å²) in [7, 11) is 4.05. The Kier molecular flexibility index (Phi) is 5.62. The lowest BCUT2D eigenvalue weighted by molar-refractivity contribution is -0.145. The predicted octanol–water partition coefficient (Wildman–Crippen LogP) is 4.09. The van der Waals surface area contributed by atoms with Gasteiger partial charge in [-0.15, -0.1) is 0 Å². The molecule has 2 aromatic rings. The van der Waals surface area contributed by atoms with Crippen LogP contribution in [0.4, 0.5) is 5.69 Å². The molecule has 0 amide bonds. The number of hydrogen-bond acceptors (Lipinski definition) is 3. The molecule has 0 aliphatic carbocycles. The van der Waals surface area contributed by atoms with Gasteiger partial charge in [-0.25, -0.2) is 0 Å². The number of rotatable bonds is 5. The van der Waals surface area contributed by atoms with Gasteiger partial charge >= 0.3 is 5.97 Å². The maximum atomic E-state index is 11.9. The van der Waals surface area contributed by atoms with E-state index >= 15 is 0 Å². The predicted molar refractivity (Wildman–Crippen MR) is 106 cm³/mol.